The van der Waals surface area contributed by atoms with Gasteiger partial charge >= 0.3 is 0 Å². The van der Waals surface area contributed by atoms with Crippen LogP contribution in [0.15, 0.2) is 18.2 Å². The van der Waals surface area contributed by atoms with Crippen molar-refractivity contribution in [2.24, 2.45) is 0 Å². The van der Waals surface area contributed by atoms with Crippen molar-refractivity contribution in [1.29, 1.82) is 0 Å². The molecule has 0 saturated heterocycles. The fourth-order valence-electron chi connectivity index (χ4n) is 2.38. The van der Waals surface area contributed by atoms with Crippen molar-refractivity contribution in [3.8, 4) is 5.75 Å². The first-order chi connectivity index (χ1) is 9.29. The van der Waals surface area contributed by atoms with Crippen LogP contribution in [-0.4, -0.2) is 26.4 Å². The molecule has 106 valence electrons. The number of benzene rings is 1. The predicted octanol–water partition coefficient (Wildman–Crippen LogP) is 3.40. The zero-order chi connectivity index (χ0) is 13.5. The molecule has 1 aliphatic rings. The molecule has 0 amide bonds. The Balaban J connectivity index is 1.95. The molecule has 4 heteroatoms. The van der Waals surface area contributed by atoms with E-state index in [9.17, 15) is 0 Å². The van der Waals surface area contributed by atoms with E-state index >= 15 is 0 Å². The lowest BCUT2D eigenvalue weighted by atomic mass is 10.2. The first-order valence-electron chi connectivity index (χ1n) is 6.94. The Morgan fingerprint density at radius 3 is 2.84 bits per heavy atom. The van der Waals surface area contributed by atoms with E-state index in [1.807, 2.05) is 18.2 Å². The second-order valence-corrected chi connectivity index (χ2v) is 5.38. The van der Waals surface area contributed by atoms with E-state index in [0.29, 0.717) is 12.7 Å². The quantitative estimate of drug-likeness (QED) is 0.778. The molecule has 0 unspecified atom stereocenters. The van der Waals surface area contributed by atoms with Gasteiger partial charge in [0.25, 0.3) is 0 Å². The second kappa shape index (κ2) is 7.73. The van der Waals surface area contributed by atoms with Crippen molar-refractivity contribution in [3.63, 3.8) is 0 Å². The molecule has 3 nitrogen and oxygen atoms in total. The van der Waals surface area contributed by atoms with Crippen molar-refractivity contribution in [2.75, 3.05) is 20.3 Å². The zero-order valence-electron chi connectivity index (χ0n) is 11.5. The summed E-state index contributed by atoms with van der Waals surface area (Å²) in [5.41, 5.74) is 1.12. The summed E-state index contributed by atoms with van der Waals surface area (Å²) in [5, 5.41) is 4.08. The lowest BCUT2D eigenvalue weighted by molar-refractivity contribution is 0.197. The van der Waals surface area contributed by atoms with Gasteiger partial charge in [0.1, 0.15) is 5.75 Å². The van der Waals surface area contributed by atoms with Crippen molar-refractivity contribution in [3.05, 3.63) is 28.8 Å². The average molecular weight is 284 g/mol. The molecule has 1 saturated carbocycles. The topological polar surface area (TPSA) is 30.5 Å². The highest BCUT2D eigenvalue weighted by atomic mass is 35.5. The van der Waals surface area contributed by atoms with Gasteiger partial charge in [-0.1, -0.05) is 11.6 Å². The summed E-state index contributed by atoms with van der Waals surface area (Å²) >= 11 is 6.07. The molecule has 1 aliphatic carbocycles. The summed E-state index contributed by atoms with van der Waals surface area (Å²) in [4.78, 5) is 0. The monoisotopic (exact) mass is 283 g/mol. The van der Waals surface area contributed by atoms with Crippen molar-refractivity contribution in [2.45, 2.75) is 38.3 Å². The SMILES string of the molecule is COCCNCc1cc(Cl)ccc1OC1CCCC1. The first kappa shape index (κ1) is 14.6. The van der Waals surface area contributed by atoms with Gasteiger partial charge in [0, 0.05) is 30.8 Å². The smallest absolute Gasteiger partial charge is 0.124 e. The van der Waals surface area contributed by atoms with Gasteiger partial charge < -0.3 is 14.8 Å². The third kappa shape index (κ3) is 4.68. The highest BCUT2D eigenvalue weighted by molar-refractivity contribution is 6.30. The van der Waals surface area contributed by atoms with Crippen LogP contribution in [0.1, 0.15) is 31.2 Å². The molecule has 0 aromatic heterocycles. The Morgan fingerprint density at radius 1 is 1.32 bits per heavy atom. The Kier molecular flexibility index (Phi) is 5.95. The number of nitrogens with one attached hydrogen (secondary N) is 1. The van der Waals surface area contributed by atoms with Crippen LogP contribution in [0.5, 0.6) is 5.75 Å². The first-order valence-corrected chi connectivity index (χ1v) is 7.32. The van der Waals surface area contributed by atoms with Gasteiger partial charge in [0.2, 0.25) is 0 Å². The number of hydrogen-bond acceptors (Lipinski definition) is 3. The number of methoxy groups -OCH3 is 1. The van der Waals surface area contributed by atoms with Crippen LogP contribution in [0.25, 0.3) is 0 Å². The van der Waals surface area contributed by atoms with Crippen LogP contribution in [0.4, 0.5) is 0 Å². The molecular weight excluding hydrogens is 262 g/mol. The van der Waals surface area contributed by atoms with E-state index in [1.165, 1.54) is 25.7 Å². The molecule has 0 spiro atoms. The van der Waals surface area contributed by atoms with Gasteiger partial charge in [-0.25, -0.2) is 0 Å². The number of ether oxygens (including phenoxy) is 2. The molecule has 0 bridgehead atoms. The molecule has 1 aromatic rings. The molecular formula is C15H22ClNO2. The summed E-state index contributed by atoms with van der Waals surface area (Å²) in [6.45, 7) is 2.29. The fraction of sp³-hybridized carbons (Fsp3) is 0.600. The summed E-state index contributed by atoms with van der Waals surface area (Å²) in [5.74, 6) is 0.959. The number of hydrogen-bond donors (Lipinski definition) is 1. The van der Waals surface area contributed by atoms with Crippen LogP contribution < -0.4 is 10.1 Å². The van der Waals surface area contributed by atoms with Crippen molar-refractivity contribution in [1.82, 2.24) is 5.32 Å². The van der Waals surface area contributed by atoms with Gasteiger partial charge in [-0.3, -0.25) is 0 Å². The van der Waals surface area contributed by atoms with E-state index in [1.54, 1.807) is 7.11 Å². The van der Waals surface area contributed by atoms with Crippen LogP contribution in [-0.2, 0) is 11.3 Å². The van der Waals surface area contributed by atoms with Crippen molar-refractivity contribution < 1.29 is 9.47 Å². The minimum Gasteiger partial charge on any atom is -0.490 e. The standard InChI is InChI=1S/C15H22ClNO2/c1-18-9-8-17-11-12-10-13(16)6-7-15(12)19-14-4-2-3-5-14/h6-7,10,14,17H,2-5,8-9,11H2,1H3. The maximum absolute atomic E-state index is 6.09. The van der Waals surface area contributed by atoms with E-state index in [4.69, 9.17) is 21.1 Å². The summed E-state index contributed by atoms with van der Waals surface area (Å²) in [6, 6.07) is 5.85. The van der Waals surface area contributed by atoms with Crippen LogP contribution in [0.2, 0.25) is 5.02 Å². The molecule has 0 atom stereocenters. The van der Waals surface area contributed by atoms with Gasteiger partial charge in [0.05, 0.1) is 12.7 Å². The maximum atomic E-state index is 6.09. The molecule has 0 aliphatic heterocycles. The Morgan fingerprint density at radius 2 is 2.11 bits per heavy atom. The lowest BCUT2D eigenvalue weighted by Crippen LogP contribution is -2.20. The third-order valence-corrected chi connectivity index (χ3v) is 3.65. The van der Waals surface area contributed by atoms with Crippen molar-refractivity contribution >= 4 is 11.6 Å². The largest absolute Gasteiger partial charge is 0.490 e. The summed E-state index contributed by atoms with van der Waals surface area (Å²) < 4.78 is 11.1. The minimum absolute atomic E-state index is 0.374. The molecule has 19 heavy (non-hydrogen) atoms. The molecule has 0 radical (unpaired) electrons. The average Bonchev–Trinajstić information content (AvgIpc) is 2.90. The van der Waals surface area contributed by atoms with Gasteiger partial charge in [-0.05, 0) is 43.9 Å². The summed E-state index contributed by atoms with van der Waals surface area (Å²) in [6.07, 6.45) is 5.26. The van der Waals surface area contributed by atoms with Gasteiger partial charge in [-0.2, -0.15) is 0 Å². The summed E-state index contributed by atoms with van der Waals surface area (Å²) in [7, 11) is 1.70. The molecule has 1 aromatic carbocycles. The fourth-order valence-corrected chi connectivity index (χ4v) is 2.58. The number of rotatable bonds is 7. The van der Waals surface area contributed by atoms with Gasteiger partial charge in [0.15, 0.2) is 0 Å². The Labute approximate surface area is 120 Å². The van der Waals surface area contributed by atoms with Crippen LogP contribution in [0, 0.1) is 0 Å². The Hall–Kier alpha value is -0.770. The van der Waals surface area contributed by atoms with E-state index in [2.05, 4.69) is 5.32 Å². The highest BCUT2D eigenvalue weighted by Crippen LogP contribution is 2.28. The second-order valence-electron chi connectivity index (χ2n) is 4.95. The number of halogens is 1. The molecule has 2 rings (SSSR count). The van der Waals surface area contributed by atoms with E-state index in [0.717, 1.165) is 29.4 Å². The maximum Gasteiger partial charge on any atom is 0.124 e. The molecule has 1 fully saturated rings. The normalized spacial score (nSPS) is 15.9. The molecule has 1 N–H and O–H groups in total. The highest BCUT2D eigenvalue weighted by Gasteiger charge is 2.17. The Bertz CT molecular complexity index is 392. The van der Waals surface area contributed by atoms with Crippen LogP contribution in [0.3, 0.4) is 0 Å². The lowest BCUT2D eigenvalue weighted by Gasteiger charge is -2.17. The van der Waals surface area contributed by atoms with Gasteiger partial charge in [-0.15, -0.1) is 0 Å². The molecule has 0 heterocycles. The van der Waals surface area contributed by atoms with Crippen LogP contribution >= 0.6 is 11.6 Å². The van der Waals surface area contributed by atoms with E-state index in [-0.39, 0.29) is 0 Å². The third-order valence-electron chi connectivity index (χ3n) is 3.42. The minimum atomic E-state index is 0.374. The predicted molar refractivity (Wildman–Crippen MR) is 77.9 cm³/mol. The zero-order valence-corrected chi connectivity index (χ0v) is 12.2. The van der Waals surface area contributed by atoms with E-state index < -0.39 is 0 Å².